The molecule has 0 spiro atoms. The van der Waals surface area contributed by atoms with Gasteiger partial charge in [0.15, 0.2) is 0 Å². The van der Waals surface area contributed by atoms with Gasteiger partial charge in [-0.3, -0.25) is 0 Å². The Labute approximate surface area is 344 Å². The fourth-order valence-corrected chi connectivity index (χ4v) is 6.78. The van der Waals surface area contributed by atoms with Crippen molar-refractivity contribution in [1.82, 2.24) is 29.9 Å². The minimum Gasteiger partial charge on any atom is -0.744 e. The first-order chi connectivity index (χ1) is 23.8. The number of nitrogens with two attached hydrogens (primary N) is 2. The quantitative estimate of drug-likeness (QED) is 0.0672. The van der Waals surface area contributed by atoms with Crippen LogP contribution in [-0.4, -0.2) is 95.2 Å². The fraction of sp³-hybridized carbons (Fsp3) is 0.310. The maximum Gasteiger partial charge on any atom is 1.00 e. The third-order valence-electron chi connectivity index (χ3n) is 7.74. The Morgan fingerprint density at radius 1 is 0.635 bits per heavy atom. The molecule has 2 saturated heterocycles. The normalized spacial score (nSPS) is 15.1. The zero-order valence-electron chi connectivity index (χ0n) is 28.4. The molecule has 2 aromatic heterocycles. The number of nitrogens with zero attached hydrogens (tertiary/aromatic N) is 8. The molecule has 19 nitrogen and oxygen atoms in total. The predicted molar refractivity (Wildman–Crippen MR) is 182 cm³/mol. The molecule has 2 aliphatic rings. The van der Waals surface area contributed by atoms with Gasteiger partial charge >= 0.3 is 59.1 Å². The molecule has 4 heterocycles. The smallest absolute Gasteiger partial charge is 0.744 e. The molecular weight excluding hydrogens is 739 g/mol. The number of ether oxygens (including phenoxy) is 1. The monoisotopic (exact) mass is 770 g/mol. The summed E-state index contributed by atoms with van der Waals surface area (Å²) < 4.78 is 79.2. The van der Waals surface area contributed by atoms with E-state index in [-0.39, 0.29) is 105 Å². The summed E-state index contributed by atoms with van der Waals surface area (Å²) in [5, 5.41) is 5.70. The van der Waals surface area contributed by atoms with Crippen LogP contribution < -0.4 is 91.0 Å². The van der Waals surface area contributed by atoms with E-state index in [1.807, 2.05) is 9.80 Å². The van der Waals surface area contributed by atoms with Gasteiger partial charge in [-0.15, -0.1) is 0 Å². The zero-order chi connectivity index (χ0) is 35.5. The first-order valence-corrected chi connectivity index (χ1v) is 18.2. The summed E-state index contributed by atoms with van der Waals surface area (Å²) in [5.74, 6) is 0.607. The van der Waals surface area contributed by atoms with Gasteiger partial charge in [-0.25, -0.2) is 16.8 Å². The standard InChI is InChI=1S/C29H34N12O7S2.2Na/c30-24-34-26(38-28(36-24)40-10-2-1-3-11-40)32-20-8-6-18(22(16-20)49(42,43)44)4-5-19-7-9-21(17-23(19)50(45,46)47)33-27-35-25(31)37-29(39-27)41-12-14-48-15-13-41;;/h4-9,16-17H,1-3,10-15H2,(H,42,43,44)(H,45,46,47)(H3,30,32,34,36,38)(H3,31,33,35,37,39);;/q;2*+1/p-2/b5-4+;;. The van der Waals surface area contributed by atoms with Crippen LogP contribution >= 0.6 is 0 Å². The van der Waals surface area contributed by atoms with Gasteiger partial charge in [0, 0.05) is 37.6 Å². The van der Waals surface area contributed by atoms with Gasteiger partial charge in [-0.2, -0.15) is 29.9 Å². The average Bonchev–Trinajstić information content (AvgIpc) is 3.07. The van der Waals surface area contributed by atoms with Crippen LogP contribution in [-0.2, 0) is 25.0 Å². The Morgan fingerprint density at radius 2 is 1.06 bits per heavy atom. The summed E-state index contributed by atoms with van der Waals surface area (Å²) >= 11 is 0. The molecule has 23 heteroatoms. The second-order valence-corrected chi connectivity index (χ2v) is 14.0. The summed E-state index contributed by atoms with van der Waals surface area (Å²) in [6.07, 6.45) is 5.47. The van der Waals surface area contributed by atoms with Crippen molar-refractivity contribution in [2.24, 2.45) is 0 Å². The molecule has 6 N–H and O–H groups in total. The van der Waals surface area contributed by atoms with Crippen molar-refractivity contribution < 1.29 is 89.8 Å². The van der Waals surface area contributed by atoms with Gasteiger partial charge in [0.05, 0.1) is 23.0 Å². The van der Waals surface area contributed by atoms with Crippen molar-refractivity contribution in [2.45, 2.75) is 29.1 Å². The van der Waals surface area contributed by atoms with Crippen LogP contribution in [0, 0.1) is 0 Å². The minimum atomic E-state index is -5.05. The van der Waals surface area contributed by atoms with Gasteiger partial charge in [0.25, 0.3) is 0 Å². The molecule has 0 atom stereocenters. The summed E-state index contributed by atoms with van der Waals surface area (Å²) in [4.78, 5) is 27.8. The topological polar surface area (TPSA) is 284 Å². The van der Waals surface area contributed by atoms with E-state index in [4.69, 9.17) is 16.2 Å². The number of morpholine rings is 1. The summed E-state index contributed by atoms with van der Waals surface area (Å²) in [7, 11) is -10.1. The van der Waals surface area contributed by atoms with E-state index in [1.54, 1.807) is 0 Å². The van der Waals surface area contributed by atoms with Gasteiger partial charge in [0.1, 0.15) is 20.2 Å². The number of rotatable bonds is 10. The minimum absolute atomic E-state index is 0. The zero-order valence-corrected chi connectivity index (χ0v) is 34.0. The van der Waals surface area contributed by atoms with E-state index in [0.29, 0.717) is 38.2 Å². The summed E-state index contributed by atoms with van der Waals surface area (Å²) in [6.45, 7) is 3.53. The van der Waals surface area contributed by atoms with Gasteiger partial charge in [-0.1, -0.05) is 24.3 Å². The second-order valence-electron chi connectivity index (χ2n) is 11.3. The van der Waals surface area contributed by atoms with E-state index in [1.165, 1.54) is 36.4 Å². The maximum atomic E-state index is 12.3. The molecule has 0 bridgehead atoms. The van der Waals surface area contributed by atoms with Crippen LogP contribution in [0.2, 0.25) is 0 Å². The van der Waals surface area contributed by atoms with E-state index < -0.39 is 30.0 Å². The van der Waals surface area contributed by atoms with Gasteiger partial charge in [-0.05, 0) is 54.7 Å². The number of anilines is 8. The third-order valence-corrected chi connectivity index (χ3v) is 9.52. The molecule has 0 aliphatic carbocycles. The molecule has 6 rings (SSSR count). The first-order valence-electron chi connectivity index (χ1n) is 15.3. The number of hydrogen-bond acceptors (Lipinski definition) is 19. The van der Waals surface area contributed by atoms with Crippen molar-refractivity contribution in [1.29, 1.82) is 0 Å². The number of benzene rings is 2. The third kappa shape index (κ3) is 10.7. The molecule has 0 unspecified atom stereocenters. The van der Waals surface area contributed by atoms with Crippen molar-refractivity contribution in [3.05, 3.63) is 47.5 Å². The Morgan fingerprint density at radius 3 is 1.48 bits per heavy atom. The van der Waals surface area contributed by atoms with E-state index in [0.717, 1.165) is 44.5 Å². The van der Waals surface area contributed by atoms with Crippen LogP contribution in [0.5, 0.6) is 0 Å². The van der Waals surface area contributed by atoms with Crippen molar-refractivity contribution in [3.8, 4) is 0 Å². The number of hydrogen-bond donors (Lipinski definition) is 4. The van der Waals surface area contributed by atoms with E-state index >= 15 is 0 Å². The van der Waals surface area contributed by atoms with E-state index in [9.17, 15) is 25.9 Å². The number of nitrogens with one attached hydrogen (secondary N) is 2. The molecule has 0 saturated carbocycles. The molecular formula is C29H32N12Na2O7S2. The first kappa shape index (κ1) is 41.5. The molecule has 2 aliphatic heterocycles. The van der Waals surface area contributed by atoms with E-state index in [2.05, 4.69) is 40.5 Å². The van der Waals surface area contributed by atoms with Gasteiger partial charge in [0.2, 0.25) is 35.7 Å². The molecule has 264 valence electrons. The van der Waals surface area contributed by atoms with Crippen molar-refractivity contribution in [2.75, 3.05) is 71.3 Å². The van der Waals surface area contributed by atoms with Gasteiger partial charge < -0.3 is 45.7 Å². The number of aromatic nitrogens is 6. The van der Waals surface area contributed by atoms with Crippen LogP contribution in [0.1, 0.15) is 30.4 Å². The molecule has 2 aromatic carbocycles. The van der Waals surface area contributed by atoms with Crippen molar-refractivity contribution >= 4 is 79.5 Å². The number of piperidine rings is 1. The molecule has 2 fully saturated rings. The Kier molecular flexibility index (Phi) is 14.2. The van der Waals surface area contributed by atoms with Crippen LogP contribution in [0.4, 0.5) is 47.1 Å². The fourth-order valence-electron chi connectivity index (χ4n) is 5.38. The Bertz CT molecular complexity index is 2000. The number of nitrogen functional groups attached to an aromatic ring is 2. The predicted octanol–water partition coefficient (Wildman–Crippen LogP) is -4.48. The molecule has 52 heavy (non-hydrogen) atoms. The molecule has 4 aromatic rings. The molecule has 0 radical (unpaired) electrons. The average molecular weight is 771 g/mol. The SMILES string of the molecule is Nc1nc(Nc2ccc(/C=C/c3ccc(Nc4nc(N)nc(N5CCOCC5)n4)cc3S(=O)(=O)[O-])c(S(=O)(=O)[O-])c2)nc(N2CCCCC2)n1.[Na+].[Na+]. The molecule has 0 amide bonds. The van der Waals surface area contributed by atoms with Crippen LogP contribution in [0.25, 0.3) is 12.2 Å². The van der Waals surface area contributed by atoms with Crippen molar-refractivity contribution in [3.63, 3.8) is 0 Å². The summed E-state index contributed by atoms with van der Waals surface area (Å²) in [6, 6.07) is 7.75. The Hall–Kier alpha value is -3.22. The second kappa shape index (κ2) is 17.7. The maximum absolute atomic E-state index is 12.3. The van der Waals surface area contributed by atoms with Crippen LogP contribution in [0.3, 0.4) is 0 Å². The van der Waals surface area contributed by atoms with Crippen LogP contribution in [0.15, 0.2) is 46.2 Å². The Balaban J connectivity index is 0.00000302. The largest absolute Gasteiger partial charge is 1.00 e. The summed E-state index contributed by atoms with van der Waals surface area (Å²) in [5.41, 5.74) is 11.9.